The van der Waals surface area contributed by atoms with Gasteiger partial charge in [0, 0.05) is 32.7 Å². The average Bonchev–Trinajstić information content (AvgIpc) is 2.78. The van der Waals surface area contributed by atoms with Crippen molar-refractivity contribution < 1.29 is 26.4 Å². The van der Waals surface area contributed by atoms with E-state index in [1.54, 1.807) is 19.2 Å². The fourth-order valence-corrected chi connectivity index (χ4v) is 5.28. The van der Waals surface area contributed by atoms with Gasteiger partial charge in [0.1, 0.15) is 6.07 Å². The van der Waals surface area contributed by atoms with E-state index in [-0.39, 0.29) is 61.2 Å². The van der Waals surface area contributed by atoms with Crippen LogP contribution >= 0.6 is 0 Å². The highest BCUT2D eigenvalue weighted by molar-refractivity contribution is 7.89. The van der Waals surface area contributed by atoms with Crippen LogP contribution in [0.25, 0.3) is 0 Å². The molecule has 176 valence electrons. The summed E-state index contributed by atoms with van der Waals surface area (Å²) in [6, 6.07) is 13.0. The maximum atomic E-state index is 13.2. The molecule has 2 aromatic carbocycles. The molecule has 0 saturated carbocycles. The van der Waals surface area contributed by atoms with Gasteiger partial charge >= 0.3 is 6.18 Å². The molecule has 0 aromatic heterocycles. The van der Waals surface area contributed by atoms with Gasteiger partial charge in [-0.05, 0) is 30.8 Å². The number of carbonyl (C=O) groups excluding carboxylic acids is 1. The Bertz CT molecular complexity index is 1150. The zero-order valence-corrected chi connectivity index (χ0v) is 18.7. The molecule has 0 bridgehead atoms. The summed E-state index contributed by atoms with van der Waals surface area (Å²) >= 11 is 0. The minimum absolute atomic E-state index is 0.0526. The summed E-state index contributed by atoms with van der Waals surface area (Å²) in [5.74, 6) is -0.295. The van der Waals surface area contributed by atoms with Gasteiger partial charge in [0.25, 0.3) is 0 Å². The Labute approximate surface area is 190 Å². The number of carbonyl (C=O) groups is 1. The minimum Gasteiger partial charge on any atom is -0.339 e. The summed E-state index contributed by atoms with van der Waals surface area (Å²) in [5.41, 5.74) is -0.607. The van der Waals surface area contributed by atoms with E-state index in [0.717, 1.165) is 6.07 Å². The van der Waals surface area contributed by atoms with E-state index in [9.17, 15) is 31.6 Å². The lowest BCUT2D eigenvalue weighted by molar-refractivity contribution is -0.138. The fourth-order valence-electron chi connectivity index (χ4n) is 3.71. The first kappa shape index (κ1) is 24.7. The number of piperazine rings is 1. The number of hydrogen-bond acceptors (Lipinski definition) is 5. The summed E-state index contributed by atoms with van der Waals surface area (Å²) in [6.07, 6.45) is -4.48. The summed E-state index contributed by atoms with van der Waals surface area (Å²) in [6.45, 7) is 0.277. The fraction of sp³-hybridized carbons (Fsp3) is 0.364. The van der Waals surface area contributed by atoms with Crippen LogP contribution in [0.2, 0.25) is 0 Å². The van der Waals surface area contributed by atoms with Gasteiger partial charge < -0.3 is 4.90 Å². The number of nitriles is 1. The van der Waals surface area contributed by atoms with Crippen molar-refractivity contribution in [1.82, 2.24) is 14.1 Å². The Hall–Kier alpha value is -2.94. The normalized spacial score (nSPS) is 15.5. The SMILES string of the molecule is CN(CC(=O)N1CCN(S(=O)(=O)c2ccccc2C#N)CC1)Cc1ccccc1C(F)(F)F. The lowest BCUT2D eigenvalue weighted by Crippen LogP contribution is -2.52. The van der Waals surface area contributed by atoms with Gasteiger partial charge in [-0.3, -0.25) is 9.69 Å². The Kier molecular flexibility index (Phi) is 7.41. The van der Waals surface area contributed by atoms with Gasteiger partial charge in [-0.2, -0.15) is 22.7 Å². The highest BCUT2D eigenvalue weighted by atomic mass is 32.2. The van der Waals surface area contributed by atoms with Crippen LogP contribution < -0.4 is 0 Å². The smallest absolute Gasteiger partial charge is 0.339 e. The lowest BCUT2D eigenvalue weighted by atomic mass is 10.1. The molecular formula is C22H23F3N4O3S. The third-order valence-electron chi connectivity index (χ3n) is 5.38. The molecule has 7 nitrogen and oxygen atoms in total. The van der Waals surface area contributed by atoms with Crippen molar-refractivity contribution in [3.05, 3.63) is 65.2 Å². The third-order valence-corrected chi connectivity index (χ3v) is 7.34. The topological polar surface area (TPSA) is 84.7 Å². The predicted molar refractivity (Wildman–Crippen MR) is 114 cm³/mol. The van der Waals surface area contributed by atoms with Crippen LogP contribution in [0.15, 0.2) is 53.4 Å². The molecule has 33 heavy (non-hydrogen) atoms. The molecule has 0 unspecified atom stereocenters. The predicted octanol–water partition coefficient (Wildman–Crippen LogP) is 2.54. The number of amides is 1. The minimum atomic E-state index is -4.48. The van der Waals surface area contributed by atoms with Gasteiger partial charge in [0.05, 0.1) is 22.6 Å². The quantitative estimate of drug-likeness (QED) is 0.635. The van der Waals surface area contributed by atoms with Crippen molar-refractivity contribution >= 4 is 15.9 Å². The summed E-state index contributed by atoms with van der Waals surface area (Å²) in [4.78, 5) is 15.6. The number of alkyl halides is 3. The van der Waals surface area contributed by atoms with E-state index in [0.29, 0.717) is 0 Å². The van der Waals surface area contributed by atoms with Crippen molar-refractivity contribution in [1.29, 1.82) is 5.26 Å². The van der Waals surface area contributed by atoms with Crippen LogP contribution in [0.5, 0.6) is 0 Å². The number of hydrogen-bond donors (Lipinski definition) is 0. The highest BCUT2D eigenvalue weighted by Gasteiger charge is 2.34. The van der Waals surface area contributed by atoms with Gasteiger partial charge in [0.2, 0.25) is 15.9 Å². The Balaban J connectivity index is 1.60. The highest BCUT2D eigenvalue weighted by Crippen LogP contribution is 2.32. The molecule has 2 aromatic rings. The van der Waals surface area contributed by atoms with Gasteiger partial charge in [0.15, 0.2) is 0 Å². The van der Waals surface area contributed by atoms with Crippen molar-refractivity contribution in [3.8, 4) is 6.07 Å². The first-order chi connectivity index (χ1) is 15.5. The summed E-state index contributed by atoms with van der Waals surface area (Å²) < 4.78 is 66.6. The monoisotopic (exact) mass is 480 g/mol. The van der Waals surface area contributed by atoms with Crippen LogP contribution in [-0.2, 0) is 27.5 Å². The molecule has 1 fully saturated rings. The number of halogens is 3. The molecule has 0 atom stereocenters. The molecule has 0 N–H and O–H groups in total. The van der Waals surface area contributed by atoms with Crippen molar-refractivity contribution in [2.75, 3.05) is 39.8 Å². The molecule has 1 aliphatic rings. The van der Waals surface area contributed by atoms with E-state index >= 15 is 0 Å². The second-order valence-electron chi connectivity index (χ2n) is 7.72. The van der Waals surface area contributed by atoms with Crippen molar-refractivity contribution in [2.24, 2.45) is 0 Å². The molecule has 1 heterocycles. The molecule has 1 saturated heterocycles. The van der Waals surface area contributed by atoms with Crippen LogP contribution in [0.4, 0.5) is 13.2 Å². The standard InChI is InChI=1S/C22H23F3N4O3S/c1-27(15-18-7-2-4-8-19(18)22(23,24)25)16-21(30)28-10-12-29(13-11-28)33(31,32)20-9-5-3-6-17(20)14-26/h2-9H,10-13,15-16H2,1H3. The lowest BCUT2D eigenvalue weighted by Gasteiger charge is -2.35. The number of sulfonamides is 1. The first-order valence-electron chi connectivity index (χ1n) is 10.1. The van der Waals surface area contributed by atoms with Crippen molar-refractivity contribution in [3.63, 3.8) is 0 Å². The number of rotatable bonds is 6. The third kappa shape index (κ3) is 5.71. The van der Waals surface area contributed by atoms with Crippen LogP contribution in [0.1, 0.15) is 16.7 Å². The second-order valence-corrected chi connectivity index (χ2v) is 9.63. The molecule has 0 radical (unpaired) electrons. The molecule has 1 aliphatic heterocycles. The molecule has 0 spiro atoms. The average molecular weight is 481 g/mol. The zero-order chi connectivity index (χ0) is 24.2. The second kappa shape index (κ2) is 9.91. The number of nitrogens with zero attached hydrogens (tertiary/aromatic N) is 4. The number of likely N-dealkylation sites (N-methyl/N-ethyl adjacent to an activating group) is 1. The Morgan fingerprint density at radius 1 is 1.06 bits per heavy atom. The van der Waals surface area contributed by atoms with E-state index in [2.05, 4.69) is 0 Å². The largest absolute Gasteiger partial charge is 0.416 e. The molecule has 1 amide bonds. The molecule has 11 heteroatoms. The first-order valence-corrected chi connectivity index (χ1v) is 11.6. The Morgan fingerprint density at radius 3 is 2.30 bits per heavy atom. The molecule has 0 aliphatic carbocycles. The van der Waals surface area contributed by atoms with E-state index in [1.165, 1.54) is 44.4 Å². The van der Waals surface area contributed by atoms with E-state index in [1.807, 2.05) is 6.07 Å². The molecule has 3 rings (SSSR count). The number of benzene rings is 2. The Morgan fingerprint density at radius 2 is 1.67 bits per heavy atom. The molecular weight excluding hydrogens is 457 g/mol. The van der Waals surface area contributed by atoms with Crippen LogP contribution in [-0.4, -0.2) is 68.2 Å². The van der Waals surface area contributed by atoms with Crippen LogP contribution in [0, 0.1) is 11.3 Å². The van der Waals surface area contributed by atoms with Gasteiger partial charge in [-0.15, -0.1) is 0 Å². The van der Waals surface area contributed by atoms with Crippen molar-refractivity contribution in [2.45, 2.75) is 17.6 Å². The van der Waals surface area contributed by atoms with E-state index in [4.69, 9.17) is 0 Å². The van der Waals surface area contributed by atoms with Gasteiger partial charge in [-0.1, -0.05) is 30.3 Å². The van der Waals surface area contributed by atoms with E-state index < -0.39 is 21.8 Å². The zero-order valence-electron chi connectivity index (χ0n) is 17.9. The summed E-state index contributed by atoms with van der Waals surface area (Å²) in [5, 5.41) is 9.19. The van der Waals surface area contributed by atoms with Crippen LogP contribution in [0.3, 0.4) is 0 Å². The van der Waals surface area contributed by atoms with Gasteiger partial charge in [-0.25, -0.2) is 8.42 Å². The maximum absolute atomic E-state index is 13.2. The summed E-state index contributed by atoms with van der Waals surface area (Å²) in [7, 11) is -2.32. The maximum Gasteiger partial charge on any atom is 0.416 e.